The maximum absolute atomic E-state index is 6.10. The Balaban J connectivity index is 1.72. The number of aromatic amines is 1. The highest BCUT2D eigenvalue weighted by atomic mass is 16.5. The zero-order valence-electron chi connectivity index (χ0n) is 12.7. The fraction of sp³-hybridized carbons (Fsp3) is 0.167. The summed E-state index contributed by atoms with van der Waals surface area (Å²) in [4.78, 5) is 7.94. The number of rotatable bonds is 2. The first-order valence-corrected chi connectivity index (χ1v) is 7.74. The second-order valence-electron chi connectivity index (χ2n) is 5.63. The summed E-state index contributed by atoms with van der Waals surface area (Å²) in [5.74, 6) is 2.23. The molecule has 0 atom stereocenters. The molecule has 1 aromatic carbocycles. The lowest BCUT2D eigenvalue weighted by atomic mass is 10.1. The van der Waals surface area contributed by atoms with Gasteiger partial charge >= 0.3 is 0 Å². The van der Waals surface area contributed by atoms with E-state index in [9.17, 15) is 0 Å². The van der Waals surface area contributed by atoms with Crippen molar-refractivity contribution in [2.75, 3.05) is 6.61 Å². The van der Waals surface area contributed by atoms with E-state index < -0.39 is 0 Å². The minimum atomic E-state index is 0.613. The van der Waals surface area contributed by atoms with Crippen LogP contribution in [0.15, 0.2) is 42.7 Å². The highest BCUT2D eigenvalue weighted by Crippen LogP contribution is 2.42. The van der Waals surface area contributed by atoms with E-state index in [0.717, 1.165) is 45.7 Å². The standard InChI is InChI=1S/C18H15N3O2/c1-2-22-15-5-3-4-11-10-14-18(23-16(11)15)20-17-12-6-8-19-13(12)7-9-21(14)17/h3-9,19H,2,10H2,1H3. The van der Waals surface area contributed by atoms with Crippen LogP contribution >= 0.6 is 0 Å². The second kappa shape index (κ2) is 4.52. The van der Waals surface area contributed by atoms with Crippen LogP contribution in [0.5, 0.6) is 17.4 Å². The topological polar surface area (TPSA) is 51.5 Å². The van der Waals surface area contributed by atoms with Crippen molar-refractivity contribution in [3.63, 3.8) is 0 Å². The number of hydrogen-bond donors (Lipinski definition) is 1. The van der Waals surface area contributed by atoms with Crippen LogP contribution in [0.4, 0.5) is 0 Å². The number of para-hydroxylation sites is 1. The third kappa shape index (κ3) is 1.70. The molecule has 0 aliphatic carbocycles. The van der Waals surface area contributed by atoms with Crippen LogP contribution in [0.2, 0.25) is 0 Å². The van der Waals surface area contributed by atoms with E-state index in [1.165, 1.54) is 0 Å². The number of ether oxygens (including phenoxy) is 2. The Morgan fingerprint density at radius 3 is 3.17 bits per heavy atom. The molecular weight excluding hydrogens is 290 g/mol. The molecule has 4 heterocycles. The first kappa shape index (κ1) is 12.6. The number of nitrogens with zero attached hydrogens (tertiary/aromatic N) is 2. The molecule has 3 aromatic heterocycles. The van der Waals surface area contributed by atoms with Gasteiger partial charge in [-0.25, -0.2) is 0 Å². The van der Waals surface area contributed by atoms with Gasteiger partial charge in [0.2, 0.25) is 5.88 Å². The van der Waals surface area contributed by atoms with Gasteiger partial charge in [0, 0.05) is 29.8 Å². The molecule has 5 heteroatoms. The van der Waals surface area contributed by atoms with Gasteiger partial charge in [0.25, 0.3) is 0 Å². The summed E-state index contributed by atoms with van der Waals surface area (Å²) in [5.41, 5.74) is 4.19. The van der Waals surface area contributed by atoms with Crippen LogP contribution in [0.25, 0.3) is 16.6 Å². The van der Waals surface area contributed by atoms with Crippen LogP contribution < -0.4 is 9.47 Å². The molecule has 23 heavy (non-hydrogen) atoms. The van der Waals surface area contributed by atoms with Crippen molar-refractivity contribution in [3.8, 4) is 17.4 Å². The van der Waals surface area contributed by atoms with Crippen molar-refractivity contribution in [2.24, 2.45) is 0 Å². The number of nitrogens with one attached hydrogen (secondary N) is 1. The average molecular weight is 305 g/mol. The lowest BCUT2D eigenvalue weighted by molar-refractivity contribution is 0.316. The summed E-state index contributed by atoms with van der Waals surface area (Å²) in [5, 5.41) is 1.10. The van der Waals surface area contributed by atoms with Gasteiger partial charge in [-0.15, -0.1) is 0 Å². The number of aromatic nitrogens is 3. The molecule has 4 aromatic rings. The summed E-state index contributed by atoms with van der Waals surface area (Å²) in [7, 11) is 0. The first-order chi connectivity index (χ1) is 11.3. The summed E-state index contributed by atoms with van der Waals surface area (Å²) in [6.07, 6.45) is 4.75. The number of H-pyrrole nitrogens is 1. The molecule has 1 aliphatic heterocycles. The Morgan fingerprint density at radius 2 is 2.26 bits per heavy atom. The molecule has 0 radical (unpaired) electrons. The van der Waals surface area contributed by atoms with E-state index in [1.54, 1.807) is 0 Å². The molecule has 0 unspecified atom stereocenters. The number of imidazole rings is 1. The SMILES string of the molecule is CCOc1cccc2c1Oc1nc3c4cc[nH]c4ccn3c1C2. The van der Waals surface area contributed by atoms with Crippen LogP contribution in [0.1, 0.15) is 18.2 Å². The predicted octanol–water partition coefficient (Wildman–Crippen LogP) is 3.91. The van der Waals surface area contributed by atoms with Gasteiger partial charge in [0.1, 0.15) is 0 Å². The third-order valence-electron chi connectivity index (χ3n) is 4.30. The molecule has 1 aliphatic rings. The Morgan fingerprint density at radius 1 is 1.30 bits per heavy atom. The highest BCUT2D eigenvalue weighted by molar-refractivity contribution is 5.92. The molecule has 0 saturated carbocycles. The van der Waals surface area contributed by atoms with Crippen molar-refractivity contribution in [1.82, 2.24) is 14.4 Å². The minimum Gasteiger partial charge on any atom is -0.490 e. The van der Waals surface area contributed by atoms with Gasteiger partial charge < -0.3 is 14.5 Å². The average Bonchev–Trinajstić information content (AvgIpc) is 3.17. The zero-order chi connectivity index (χ0) is 15.4. The zero-order valence-corrected chi connectivity index (χ0v) is 12.7. The third-order valence-corrected chi connectivity index (χ3v) is 4.30. The Labute approximate surface area is 132 Å². The normalized spacial score (nSPS) is 12.9. The van der Waals surface area contributed by atoms with Crippen LogP contribution in [-0.4, -0.2) is 21.0 Å². The molecule has 5 nitrogen and oxygen atoms in total. The number of hydrogen-bond acceptors (Lipinski definition) is 3. The fourth-order valence-electron chi connectivity index (χ4n) is 3.27. The van der Waals surface area contributed by atoms with Gasteiger partial charge in [-0.3, -0.25) is 4.40 Å². The van der Waals surface area contributed by atoms with E-state index in [2.05, 4.69) is 21.5 Å². The van der Waals surface area contributed by atoms with Crippen molar-refractivity contribution in [1.29, 1.82) is 0 Å². The molecule has 0 spiro atoms. The summed E-state index contributed by atoms with van der Waals surface area (Å²) < 4.78 is 13.9. The smallest absolute Gasteiger partial charge is 0.242 e. The van der Waals surface area contributed by atoms with E-state index in [0.29, 0.717) is 12.5 Å². The van der Waals surface area contributed by atoms with Crippen molar-refractivity contribution in [2.45, 2.75) is 13.3 Å². The molecule has 114 valence electrons. The molecule has 0 saturated heterocycles. The summed E-state index contributed by atoms with van der Waals surface area (Å²) in [6, 6.07) is 10.1. The van der Waals surface area contributed by atoms with E-state index in [-0.39, 0.29) is 0 Å². The van der Waals surface area contributed by atoms with Gasteiger partial charge in [0.15, 0.2) is 17.1 Å². The second-order valence-corrected chi connectivity index (χ2v) is 5.63. The van der Waals surface area contributed by atoms with E-state index >= 15 is 0 Å². The Bertz CT molecular complexity index is 1050. The van der Waals surface area contributed by atoms with Gasteiger partial charge in [0.05, 0.1) is 17.8 Å². The van der Waals surface area contributed by atoms with Crippen LogP contribution in [-0.2, 0) is 6.42 Å². The highest BCUT2D eigenvalue weighted by Gasteiger charge is 2.25. The molecule has 0 amide bonds. The van der Waals surface area contributed by atoms with Crippen molar-refractivity contribution < 1.29 is 9.47 Å². The fourth-order valence-corrected chi connectivity index (χ4v) is 3.27. The Kier molecular flexibility index (Phi) is 2.47. The van der Waals surface area contributed by atoms with Crippen LogP contribution in [0.3, 0.4) is 0 Å². The summed E-state index contributed by atoms with van der Waals surface area (Å²) in [6.45, 7) is 2.59. The van der Waals surface area contributed by atoms with Crippen LogP contribution in [0, 0.1) is 0 Å². The van der Waals surface area contributed by atoms with Gasteiger partial charge in [-0.1, -0.05) is 12.1 Å². The molecule has 1 N–H and O–H groups in total. The van der Waals surface area contributed by atoms with Crippen molar-refractivity contribution >= 4 is 16.6 Å². The number of fused-ring (bicyclic) bond motifs is 6. The maximum atomic E-state index is 6.10. The number of pyridine rings is 1. The van der Waals surface area contributed by atoms with Gasteiger partial charge in [-0.2, -0.15) is 4.98 Å². The number of benzene rings is 1. The largest absolute Gasteiger partial charge is 0.490 e. The van der Waals surface area contributed by atoms with Crippen molar-refractivity contribution in [3.05, 3.63) is 54.0 Å². The Hall–Kier alpha value is -2.95. The lowest BCUT2D eigenvalue weighted by Gasteiger charge is -2.19. The quantitative estimate of drug-likeness (QED) is 0.538. The first-order valence-electron chi connectivity index (χ1n) is 7.74. The predicted molar refractivity (Wildman–Crippen MR) is 87.5 cm³/mol. The minimum absolute atomic E-state index is 0.613. The van der Waals surface area contributed by atoms with Gasteiger partial charge in [-0.05, 0) is 25.1 Å². The van der Waals surface area contributed by atoms with E-state index in [1.807, 2.05) is 37.5 Å². The summed E-state index contributed by atoms with van der Waals surface area (Å²) >= 11 is 0. The lowest BCUT2D eigenvalue weighted by Crippen LogP contribution is -2.06. The molecule has 5 rings (SSSR count). The maximum Gasteiger partial charge on any atom is 0.242 e. The molecule has 0 bridgehead atoms. The molecular formula is C18H15N3O2. The molecule has 0 fully saturated rings. The monoisotopic (exact) mass is 305 g/mol. The van der Waals surface area contributed by atoms with E-state index in [4.69, 9.17) is 14.5 Å².